The highest BCUT2D eigenvalue weighted by atomic mass is 35.5. The molecule has 1 aromatic heterocycles. The lowest BCUT2D eigenvalue weighted by atomic mass is 9.93. The van der Waals surface area contributed by atoms with E-state index in [1.165, 1.54) is 25.5 Å². The lowest BCUT2D eigenvalue weighted by Gasteiger charge is -2.21. The first kappa shape index (κ1) is 27.6. The summed E-state index contributed by atoms with van der Waals surface area (Å²) in [6.45, 7) is 6.28. The number of aromatic nitrogens is 3. The van der Waals surface area contributed by atoms with Gasteiger partial charge >= 0.3 is 11.4 Å². The minimum atomic E-state index is -1.39. The van der Waals surface area contributed by atoms with E-state index in [0.717, 1.165) is 4.57 Å². The zero-order valence-electron chi connectivity index (χ0n) is 21.1. The number of ether oxygens (including phenoxy) is 2. The van der Waals surface area contributed by atoms with Gasteiger partial charge in [-0.25, -0.2) is 14.2 Å². The van der Waals surface area contributed by atoms with Crippen LogP contribution in [0.5, 0.6) is 11.5 Å². The maximum atomic E-state index is 13.5. The summed E-state index contributed by atoms with van der Waals surface area (Å²) >= 11 is 5.99. The molecule has 0 unspecified atom stereocenters. The van der Waals surface area contributed by atoms with E-state index in [4.69, 9.17) is 21.1 Å². The summed E-state index contributed by atoms with van der Waals surface area (Å²) in [5.74, 6) is -0.0413. The molecule has 2 aromatic carbocycles. The number of carbonyl (C=O) groups excluding carboxylic acids is 1. The van der Waals surface area contributed by atoms with Crippen molar-refractivity contribution in [3.05, 3.63) is 78.9 Å². The van der Waals surface area contributed by atoms with E-state index in [0.29, 0.717) is 27.8 Å². The molecule has 0 spiro atoms. The summed E-state index contributed by atoms with van der Waals surface area (Å²) in [5, 5.41) is 5.98. The molecule has 0 fully saturated rings. The maximum absolute atomic E-state index is 13.5. The Kier molecular flexibility index (Phi) is 8.49. The summed E-state index contributed by atoms with van der Waals surface area (Å²) in [6, 6.07) is 11.9. The first-order valence-corrected chi connectivity index (χ1v) is 11.8. The molecule has 0 aliphatic carbocycles. The van der Waals surface area contributed by atoms with E-state index in [-0.39, 0.29) is 25.1 Å². The Balaban J connectivity index is 2.10. The molecule has 0 radical (unpaired) electrons. The molecule has 0 aliphatic heterocycles. The van der Waals surface area contributed by atoms with Crippen molar-refractivity contribution in [2.45, 2.75) is 46.9 Å². The van der Waals surface area contributed by atoms with E-state index in [2.05, 4.69) is 15.5 Å². The molecule has 0 bridgehead atoms. The van der Waals surface area contributed by atoms with E-state index in [9.17, 15) is 19.3 Å². The fourth-order valence-corrected chi connectivity index (χ4v) is 3.61. The Bertz CT molecular complexity index is 1410. The Morgan fingerprint density at radius 1 is 1.11 bits per heavy atom. The minimum Gasteiger partial charge on any atom is -0.493 e. The van der Waals surface area contributed by atoms with E-state index >= 15 is 0 Å². The van der Waals surface area contributed by atoms with E-state index < -0.39 is 22.7 Å². The van der Waals surface area contributed by atoms with Crippen LogP contribution in [0.2, 0.25) is 5.02 Å². The molecule has 0 saturated heterocycles. The first-order chi connectivity index (χ1) is 17.4. The van der Waals surface area contributed by atoms with E-state index in [1.54, 1.807) is 42.5 Å². The number of anilines is 2. The summed E-state index contributed by atoms with van der Waals surface area (Å²) < 4.78 is 13.2. The number of halogens is 1. The number of hydrogen-bond donors (Lipinski definition) is 1. The van der Waals surface area contributed by atoms with Crippen molar-refractivity contribution in [3.8, 4) is 11.5 Å². The predicted molar refractivity (Wildman–Crippen MR) is 140 cm³/mol. The Labute approximate surface area is 218 Å². The quantitative estimate of drug-likeness (QED) is 0.390. The van der Waals surface area contributed by atoms with Gasteiger partial charge in [-0.1, -0.05) is 23.7 Å². The molecule has 0 saturated carbocycles. The fourth-order valence-electron chi connectivity index (χ4n) is 3.49. The van der Waals surface area contributed by atoms with Gasteiger partial charge < -0.3 is 14.8 Å². The summed E-state index contributed by atoms with van der Waals surface area (Å²) in [6.07, 6.45) is -0.0722. The van der Waals surface area contributed by atoms with Crippen molar-refractivity contribution in [2.75, 3.05) is 12.4 Å². The lowest BCUT2D eigenvalue weighted by molar-refractivity contribution is -0.126. The second-order valence-electron chi connectivity index (χ2n) is 9.24. The van der Waals surface area contributed by atoms with Gasteiger partial charge in [-0.15, -0.1) is 4.91 Å². The summed E-state index contributed by atoms with van der Waals surface area (Å²) in [5.41, 5.74) is -1.81. The van der Waals surface area contributed by atoms with Crippen LogP contribution < -0.4 is 26.2 Å². The van der Waals surface area contributed by atoms with Crippen LogP contribution in [0.15, 0.2) is 57.2 Å². The van der Waals surface area contributed by atoms with Gasteiger partial charge in [0.05, 0.1) is 25.2 Å². The van der Waals surface area contributed by atoms with Crippen LogP contribution in [0.3, 0.4) is 0 Å². The zero-order valence-corrected chi connectivity index (χ0v) is 21.9. The monoisotopic (exact) mass is 529 g/mol. The second-order valence-corrected chi connectivity index (χ2v) is 9.67. The third kappa shape index (κ3) is 6.62. The van der Waals surface area contributed by atoms with Gasteiger partial charge in [0.2, 0.25) is 5.95 Å². The molecule has 12 heteroatoms. The molecule has 0 aliphatic rings. The molecule has 3 rings (SSSR count). The van der Waals surface area contributed by atoms with Gasteiger partial charge in [-0.2, -0.15) is 4.98 Å². The number of amides is 1. The Morgan fingerprint density at radius 2 is 1.78 bits per heavy atom. The van der Waals surface area contributed by atoms with Crippen LogP contribution in [0.1, 0.15) is 33.3 Å². The van der Waals surface area contributed by atoms with Crippen molar-refractivity contribution in [2.24, 2.45) is 10.6 Å². The molecule has 1 amide bonds. The molecule has 1 N–H and O–H groups in total. The number of carbonyl (C=O) groups is 1. The summed E-state index contributed by atoms with van der Waals surface area (Å²) in [4.78, 5) is 53.3. The number of hydrogen-bond acceptors (Lipinski definition) is 8. The van der Waals surface area contributed by atoms with Crippen molar-refractivity contribution in [1.82, 2.24) is 14.1 Å². The van der Waals surface area contributed by atoms with Crippen LogP contribution in [0.4, 0.5) is 11.6 Å². The van der Waals surface area contributed by atoms with Crippen molar-refractivity contribution < 1.29 is 14.3 Å². The highest BCUT2D eigenvalue weighted by Crippen LogP contribution is 2.32. The first-order valence-electron chi connectivity index (χ1n) is 11.4. The smallest absolute Gasteiger partial charge is 0.354 e. The average Bonchev–Trinajstić information content (AvgIpc) is 2.85. The number of benzene rings is 2. The Hall–Kier alpha value is -3.99. The minimum absolute atomic E-state index is 0.0292. The molecule has 1 heterocycles. The molecule has 196 valence electrons. The largest absolute Gasteiger partial charge is 0.493 e. The van der Waals surface area contributed by atoms with Crippen molar-refractivity contribution in [1.29, 1.82) is 0 Å². The van der Waals surface area contributed by atoms with Crippen LogP contribution in [0.25, 0.3) is 0 Å². The highest BCUT2D eigenvalue weighted by Gasteiger charge is 2.31. The third-order valence-corrected chi connectivity index (χ3v) is 5.65. The van der Waals surface area contributed by atoms with Gasteiger partial charge in [0.15, 0.2) is 11.5 Å². The maximum Gasteiger partial charge on any atom is 0.354 e. The van der Waals surface area contributed by atoms with Crippen LogP contribution in [0, 0.1) is 10.3 Å². The average molecular weight is 530 g/mol. The second kappa shape index (κ2) is 11.4. The zero-order chi connectivity index (χ0) is 27.3. The van der Waals surface area contributed by atoms with E-state index in [1.807, 2.05) is 13.8 Å². The van der Waals surface area contributed by atoms with Crippen LogP contribution in [-0.4, -0.2) is 33.2 Å². The number of methoxy groups -OCH3 is 1. The Morgan fingerprint density at radius 3 is 2.38 bits per heavy atom. The molecular weight excluding hydrogens is 502 g/mol. The fraction of sp³-hybridized carbons (Fsp3) is 0.360. The lowest BCUT2D eigenvalue weighted by Crippen LogP contribution is -2.46. The van der Waals surface area contributed by atoms with Crippen molar-refractivity contribution in [3.63, 3.8) is 0 Å². The van der Waals surface area contributed by atoms with Crippen LogP contribution >= 0.6 is 11.6 Å². The van der Waals surface area contributed by atoms with Crippen molar-refractivity contribution >= 4 is 29.1 Å². The van der Waals surface area contributed by atoms with Gasteiger partial charge in [-0.05, 0) is 57.5 Å². The predicted octanol–water partition coefficient (Wildman–Crippen LogP) is 3.97. The number of rotatable bonds is 10. The number of nitrogens with one attached hydrogen (secondary N) is 1. The topological polar surface area (TPSA) is 134 Å². The van der Waals surface area contributed by atoms with Crippen LogP contribution in [-0.2, 0) is 17.9 Å². The number of nitroso groups, excluding NO2 is 1. The van der Waals surface area contributed by atoms with Gasteiger partial charge in [0.1, 0.15) is 0 Å². The molecule has 0 atom stereocenters. The van der Waals surface area contributed by atoms with Gasteiger partial charge in [0, 0.05) is 28.5 Å². The molecule has 3 aromatic rings. The SMILES string of the molecule is COc1cc(Nc2nc(=O)n(CC(C)(C)C(=O)N=O)c(=O)n2Cc2ccc(Cl)cc2)ccc1OC(C)C. The van der Waals surface area contributed by atoms with Gasteiger partial charge in [-0.3, -0.25) is 9.36 Å². The third-order valence-electron chi connectivity index (χ3n) is 5.40. The normalized spacial score (nSPS) is 11.3. The standard InChI is InChI=1S/C25H28ClN5O6/c1-15(2)37-19-11-10-18(12-20(19)36-5)27-22-28-23(33)31(14-25(3,4)21(32)29-35)24(34)30(22)13-16-6-8-17(26)9-7-16/h6-12,15H,13-14H2,1-5H3,(H,27,28,33). The highest BCUT2D eigenvalue weighted by molar-refractivity contribution is 6.30. The number of nitrogens with zero attached hydrogens (tertiary/aromatic N) is 4. The molecule has 11 nitrogen and oxygen atoms in total. The molecule has 37 heavy (non-hydrogen) atoms. The van der Waals surface area contributed by atoms with Gasteiger partial charge in [0.25, 0.3) is 5.91 Å². The molecular formula is C25H28ClN5O6. The summed E-state index contributed by atoms with van der Waals surface area (Å²) in [7, 11) is 1.50.